The van der Waals surface area contributed by atoms with Gasteiger partial charge in [0.25, 0.3) is 0 Å². The summed E-state index contributed by atoms with van der Waals surface area (Å²) < 4.78 is 11.3. The van der Waals surface area contributed by atoms with Gasteiger partial charge in [-0.15, -0.1) is 0 Å². The Kier molecular flexibility index (Phi) is 5.13. The average molecular weight is 347 g/mol. The molecule has 0 radical (unpaired) electrons. The zero-order valence-corrected chi connectivity index (χ0v) is 14.6. The second-order valence-corrected chi connectivity index (χ2v) is 6.88. The molecule has 1 spiro atoms. The van der Waals surface area contributed by atoms with Gasteiger partial charge in [-0.2, -0.15) is 0 Å². The lowest BCUT2D eigenvalue weighted by atomic mass is 9.93. The number of hydrogen-bond donors (Lipinski definition) is 1. The first-order valence-corrected chi connectivity index (χ1v) is 8.67. The summed E-state index contributed by atoms with van der Waals surface area (Å²) in [4.78, 5) is 26.7. The Balaban J connectivity index is 1.41. The van der Waals surface area contributed by atoms with Crippen molar-refractivity contribution in [1.82, 2.24) is 9.80 Å². The Morgan fingerprint density at radius 3 is 2.72 bits per heavy atom. The van der Waals surface area contributed by atoms with Gasteiger partial charge in [0.2, 0.25) is 5.91 Å². The number of amides is 2. The molecule has 0 unspecified atom stereocenters. The van der Waals surface area contributed by atoms with E-state index in [1.807, 2.05) is 0 Å². The number of ether oxygens (including phenoxy) is 2. The number of carbonyl (C=O) groups is 2. The lowest BCUT2D eigenvalue weighted by Crippen LogP contribution is -2.50. The highest BCUT2D eigenvalue weighted by Crippen LogP contribution is 2.31. The second-order valence-electron chi connectivity index (χ2n) is 6.88. The summed E-state index contributed by atoms with van der Waals surface area (Å²) in [5.74, 6) is 0.287. The topological polar surface area (TPSA) is 85.1 Å². The molecule has 0 aromatic heterocycles. The molecule has 1 aromatic carbocycles. The molecule has 136 valence electrons. The maximum Gasteiger partial charge on any atom is 0.410 e. The van der Waals surface area contributed by atoms with E-state index in [4.69, 9.17) is 15.2 Å². The van der Waals surface area contributed by atoms with E-state index in [2.05, 4.69) is 4.90 Å². The molecule has 25 heavy (non-hydrogen) atoms. The van der Waals surface area contributed by atoms with E-state index in [0.29, 0.717) is 18.7 Å². The standard InChI is InChI=1S/C18H25N3O4/c1-20-12-18(25-17(20)23)8-2-9-21(13-18)10-3-11-24-15-6-4-14(5-7-15)16(19)22/h4-7H,2-3,8-13H2,1H3,(H2,19,22)/t18-/m0/s1. The van der Waals surface area contributed by atoms with Crippen molar-refractivity contribution in [2.24, 2.45) is 5.73 Å². The van der Waals surface area contributed by atoms with E-state index in [0.717, 1.165) is 44.6 Å². The first-order chi connectivity index (χ1) is 12.0. The molecule has 2 heterocycles. The fourth-order valence-electron chi connectivity index (χ4n) is 3.58. The van der Waals surface area contributed by atoms with Crippen molar-refractivity contribution in [1.29, 1.82) is 0 Å². The molecule has 1 atom stereocenters. The van der Waals surface area contributed by atoms with Gasteiger partial charge in [0.05, 0.1) is 13.2 Å². The predicted octanol–water partition coefficient (Wildman–Crippen LogP) is 1.47. The number of carbonyl (C=O) groups excluding carboxylic acids is 2. The molecule has 2 aliphatic rings. The summed E-state index contributed by atoms with van der Waals surface area (Å²) in [6.45, 7) is 3.99. The molecule has 2 aliphatic heterocycles. The largest absolute Gasteiger partial charge is 0.494 e. The molecule has 7 nitrogen and oxygen atoms in total. The lowest BCUT2D eigenvalue weighted by molar-refractivity contribution is -0.00979. The van der Waals surface area contributed by atoms with Gasteiger partial charge in [-0.3, -0.25) is 9.69 Å². The van der Waals surface area contributed by atoms with Crippen LogP contribution < -0.4 is 10.5 Å². The smallest absolute Gasteiger partial charge is 0.410 e. The van der Waals surface area contributed by atoms with Gasteiger partial charge in [0, 0.05) is 25.7 Å². The van der Waals surface area contributed by atoms with Gasteiger partial charge in [-0.1, -0.05) is 0 Å². The highest BCUT2D eigenvalue weighted by molar-refractivity contribution is 5.92. The number of primary amides is 1. The highest BCUT2D eigenvalue weighted by atomic mass is 16.6. The fraction of sp³-hybridized carbons (Fsp3) is 0.556. The number of hydrogen-bond acceptors (Lipinski definition) is 5. The molecule has 2 saturated heterocycles. The van der Waals surface area contributed by atoms with Crippen molar-refractivity contribution in [3.05, 3.63) is 29.8 Å². The molecular weight excluding hydrogens is 322 g/mol. The minimum absolute atomic E-state index is 0.218. The van der Waals surface area contributed by atoms with Crippen molar-refractivity contribution in [2.45, 2.75) is 24.9 Å². The minimum Gasteiger partial charge on any atom is -0.494 e. The van der Waals surface area contributed by atoms with E-state index >= 15 is 0 Å². The summed E-state index contributed by atoms with van der Waals surface area (Å²) >= 11 is 0. The number of piperidine rings is 1. The van der Waals surface area contributed by atoms with E-state index in [1.165, 1.54) is 0 Å². The number of likely N-dealkylation sites (tertiary alicyclic amines) is 1. The molecule has 3 rings (SSSR count). The van der Waals surface area contributed by atoms with Crippen molar-refractivity contribution in [3.63, 3.8) is 0 Å². The number of likely N-dealkylation sites (N-methyl/N-ethyl adjacent to an activating group) is 1. The van der Waals surface area contributed by atoms with Crippen LogP contribution in [0.4, 0.5) is 4.79 Å². The van der Waals surface area contributed by atoms with Crippen molar-refractivity contribution >= 4 is 12.0 Å². The molecule has 1 aromatic rings. The first kappa shape index (κ1) is 17.5. The van der Waals surface area contributed by atoms with Crippen LogP contribution in [0.2, 0.25) is 0 Å². The molecular formula is C18H25N3O4. The van der Waals surface area contributed by atoms with Gasteiger partial charge in [-0.25, -0.2) is 4.79 Å². The predicted molar refractivity (Wildman–Crippen MR) is 92.6 cm³/mol. The maximum atomic E-state index is 11.7. The SMILES string of the molecule is CN1C[C@]2(CCCN(CCCOc3ccc(C(N)=O)cc3)C2)OC1=O. The first-order valence-electron chi connectivity index (χ1n) is 8.67. The quantitative estimate of drug-likeness (QED) is 0.788. The Hall–Kier alpha value is -2.28. The number of nitrogens with two attached hydrogens (primary N) is 1. The van der Waals surface area contributed by atoms with E-state index < -0.39 is 5.91 Å². The molecule has 2 N–H and O–H groups in total. The highest BCUT2D eigenvalue weighted by Gasteiger charge is 2.46. The van der Waals surface area contributed by atoms with E-state index in [9.17, 15) is 9.59 Å². The Morgan fingerprint density at radius 2 is 2.08 bits per heavy atom. The Morgan fingerprint density at radius 1 is 1.32 bits per heavy atom. The average Bonchev–Trinajstić information content (AvgIpc) is 2.85. The van der Waals surface area contributed by atoms with Crippen LogP contribution in [0.5, 0.6) is 5.75 Å². The molecule has 0 saturated carbocycles. The van der Waals surface area contributed by atoms with Crippen molar-refractivity contribution < 1.29 is 19.1 Å². The molecule has 0 bridgehead atoms. The van der Waals surface area contributed by atoms with E-state index in [1.54, 1.807) is 36.2 Å². The van der Waals surface area contributed by atoms with Gasteiger partial charge in [0.15, 0.2) is 0 Å². The van der Waals surface area contributed by atoms with Crippen molar-refractivity contribution in [3.8, 4) is 5.75 Å². The molecule has 2 amide bonds. The lowest BCUT2D eigenvalue weighted by Gasteiger charge is -2.38. The normalized spacial score (nSPS) is 23.7. The van der Waals surface area contributed by atoms with Crippen LogP contribution in [0.1, 0.15) is 29.6 Å². The van der Waals surface area contributed by atoms with Crippen LogP contribution in [-0.4, -0.2) is 67.2 Å². The van der Waals surface area contributed by atoms with Crippen LogP contribution in [0.25, 0.3) is 0 Å². The van der Waals surface area contributed by atoms with E-state index in [-0.39, 0.29) is 11.7 Å². The third kappa shape index (κ3) is 4.22. The van der Waals surface area contributed by atoms with Crippen LogP contribution in [0, 0.1) is 0 Å². The Bertz CT molecular complexity index is 634. The van der Waals surface area contributed by atoms with Crippen LogP contribution in [0.15, 0.2) is 24.3 Å². The molecule has 2 fully saturated rings. The molecule has 7 heteroatoms. The monoisotopic (exact) mass is 347 g/mol. The third-order valence-corrected chi connectivity index (χ3v) is 4.79. The summed E-state index contributed by atoms with van der Waals surface area (Å²) in [6, 6.07) is 6.83. The maximum absolute atomic E-state index is 11.7. The number of benzene rings is 1. The van der Waals surface area contributed by atoms with Gasteiger partial charge >= 0.3 is 6.09 Å². The third-order valence-electron chi connectivity index (χ3n) is 4.79. The molecule has 0 aliphatic carbocycles. The van der Waals surface area contributed by atoms with Crippen LogP contribution >= 0.6 is 0 Å². The zero-order valence-electron chi connectivity index (χ0n) is 14.6. The Labute approximate surface area is 147 Å². The van der Waals surface area contributed by atoms with Gasteiger partial charge in [0.1, 0.15) is 11.4 Å². The van der Waals surface area contributed by atoms with Gasteiger partial charge in [-0.05, 0) is 50.1 Å². The number of nitrogens with zero attached hydrogens (tertiary/aromatic N) is 2. The fourth-order valence-corrected chi connectivity index (χ4v) is 3.58. The summed E-state index contributed by atoms with van der Waals surface area (Å²) in [6.07, 6.45) is 2.64. The second kappa shape index (κ2) is 7.31. The van der Waals surface area contributed by atoms with Crippen LogP contribution in [-0.2, 0) is 4.74 Å². The zero-order chi connectivity index (χ0) is 17.9. The summed E-state index contributed by atoms with van der Waals surface area (Å²) in [5.41, 5.74) is 5.35. The summed E-state index contributed by atoms with van der Waals surface area (Å²) in [7, 11) is 1.79. The van der Waals surface area contributed by atoms with Crippen LogP contribution in [0.3, 0.4) is 0 Å². The van der Waals surface area contributed by atoms with Gasteiger partial charge < -0.3 is 20.1 Å². The minimum atomic E-state index is -0.441. The van der Waals surface area contributed by atoms with Crippen molar-refractivity contribution in [2.75, 3.05) is 39.8 Å². The number of rotatable bonds is 6. The summed E-state index contributed by atoms with van der Waals surface area (Å²) in [5, 5.41) is 0.